The molecule has 1 aromatic heterocycles. The van der Waals surface area contributed by atoms with Gasteiger partial charge in [-0.3, -0.25) is 0 Å². The van der Waals surface area contributed by atoms with Crippen molar-refractivity contribution in [2.75, 3.05) is 5.33 Å². The molecule has 0 atom stereocenters. The van der Waals surface area contributed by atoms with Crippen LogP contribution in [-0.4, -0.2) is 10.3 Å². The largest absolute Gasteiger partial charge is 0.248 e. The van der Waals surface area contributed by atoms with Crippen LogP contribution in [0.2, 0.25) is 0 Å². The molecule has 0 aliphatic rings. The maximum absolute atomic E-state index is 4.30. The molecule has 0 unspecified atom stereocenters. The van der Waals surface area contributed by atoms with Gasteiger partial charge in [0, 0.05) is 11.8 Å². The lowest BCUT2D eigenvalue weighted by Crippen LogP contribution is -2.16. The highest BCUT2D eigenvalue weighted by Crippen LogP contribution is 2.28. The Balaban J connectivity index is 2.63. The SMILES string of the molecule is CC(C)(CBr)Cc1ncc(Br)s1. The van der Waals surface area contributed by atoms with Gasteiger partial charge >= 0.3 is 0 Å². The molecule has 0 spiro atoms. The fourth-order valence-electron chi connectivity index (χ4n) is 0.826. The van der Waals surface area contributed by atoms with Crippen LogP contribution in [0.1, 0.15) is 18.9 Å². The minimum atomic E-state index is 0.303. The number of aromatic nitrogens is 1. The van der Waals surface area contributed by atoms with E-state index in [9.17, 15) is 0 Å². The van der Waals surface area contributed by atoms with Gasteiger partial charge in [0.25, 0.3) is 0 Å². The molecule has 12 heavy (non-hydrogen) atoms. The molecule has 0 saturated heterocycles. The van der Waals surface area contributed by atoms with Gasteiger partial charge in [-0.1, -0.05) is 29.8 Å². The van der Waals surface area contributed by atoms with Gasteiger partial charge in [-0.25, -0.2) is 4.98 Å². The van der Waals surface area contributed by atoms with E-state index in [4.69, 9.17) is 0 Å². The van der Waals surface area contributed by atoms with Crippen LogP contribution < -0.4 is 0 Å². The molecule has 1 heterocycles. The molecule has 0 saturated carbocycles. The normalized spacial score (nSPS) is 12.0. The maximum atomic E-state index is 4.30. The molecule has 0 fully saturated rings. The van der Waals surface area contributed by atoms with Gasteiger partial charge < -0.3 is 0 Å². The third-order valence-electron chi connectivity index (χ3n) is 1.52. The number of nitrogens with zero attached hydrogens (tertiary/aromatic N) is 1. The average molecular weight is 313 g/mol. The van der Waals surface area contributed by atoms with Crippen molar-refractivity contribution < 1.29 is 0 Å². The van der Waals surface area contributed by atoms with Crippen molar-refractivity contribution >= 4 is 43.2 Å². The molecule has 0 amide bonds. The Morgan fingerprint density at radius 2 is 2.25 bits per heavy atom. The summed E-state index contributed by atoms with van der Waals surface area (Å²) in [6, 6.07) is 0. The van der Waals surface area contributed by atoms with Crippen LogP contribution in [0.3, 0.4) is 0 Å². The molecule has 1 rings (SSSR count). The van der Waals surface area contributed by atoms with Crippen molar-refractivity contribution in [2.45, 2.75) is 20.3 Å². The Hall–Kier alpha value is 0.590. The second-order valence-corrected chi connectivity index (χ2v) is 6.59. The van der Waals surface area contributed by atoms with Gasteiger partial charge in [0.2, 0.25) is 0 Å². The standard InChI is InChI=1S/C8H11Br2NS/c1-8(2,5-9)3-7-11-4-6(10)12-7/h4H,3,5H2,1-2H3. The van der Waals surface area contributed by atoms with Gasteiger partial charge in [0.05, 0.1) is 15.0 Å². The summed E-state index contributed by atoms with van der Waals surface area (Å²) in [4.78, 5) is 4.30. The van der Waals surface area contributed by atoms with E-state index in [1.807, 2.05) is 6.20 Å². The Morgan fingerprint density at radius 3 is 2.67 bits per heavy atom. The smallest absolute Gasteiger partial charge is 0.0942 e. The van der Waals surface area contributed by atoms with E-state index in [2.05, 4.69) is 50.7 Å². The maximum Gasteiger partial charge on any atom is 0.0942 e. The summed E-state index contributed by atoms with van der Waals surface area (Å²) in [7, 11) is 0. The highest BCUT2D eigenvalue weighted by atomic mass is 79.9. The number of halogens is 2. The van der Waals surface area contributed by atoms with E-state index in [-0.39, 0.29) is 0 Å². The second-order valence-electron chi connectivity index (χ2n) is 3.53. The van der Waals surface area contributed by atoms with E-state index in [1.165, 1.54) is 5.01 Å². The molecule has 4 heteroatoms. The van der Waals surface area contributed by atoms with Crippen molar-refractivity contribution in [3.05, 3.63) is 15.0 Å². The molecular formula is C8H11Br2NS. The molecule has 0 aliphatic carbocycles. The van der Waals surface area contributed by atoms with Gasteiger partial charge in [-0.15, -0.1) is 11.3 Å². The number of alkyl halides is 1. The summed E-state index contributed by atoms with van der Waals surface area (Å²) in [5.41, 5.74) is 0.303. The van der Waals surface area contributed by atoms with E-state index in [1.54, 1.807) is 11.3 Å². The Labute approximate surface area is 93.9 Å². The first-order valence-electron chi connectivity index (χ1n) is 3.70. The van der Waals surface area contributed by atoms with Crippen LogP contribution in [0.15, 0.2) is 9.98 Å². The Morgan fingerprint density at radius 1 is 1.58 bits per heavy atom. The Bertz CT molecular complexity index is 257. The molecule has 0 N–H and O–H groups in total. The van der Waals surface area contributed by atoms with Crippen LogP contribution in [0, 0.1) is 5.41 Å². The summed E-state index contributed by atoms with van der Waals surface area (Å²) in [6.07, 6.45) is 2.90. The number of rotatable bonds is 3. The summed E-state index contributed by atoms with van der Waals surface area (Å²) in [5, 5.41) is 2.21. The molecule has 1 nitrogen and oxygen atoms in total. The van der Waals surface area contributed by atoms with Crippen LogP contribution >= 0.6 is 43.2 Å². The van der Waals surface area contributed by atoms with Crippen molar-refractivity contribution in [1.29, 1.82) is 0 Å². The molecular weight excluding hydrogens is 302 g/mol. The monoisotopic (exact) mass is 311 g/mol. The van der Waals surface area contributed by atoms with Gasteiger partial charge in [0.15, 0.2) is 0 Å². The first kappa shape index (κ1) is 10.7. The van der Waals surface area contributed by atoms with Gasteiger partial charge in [0.1, 0.15) is 0 Å². The fraction of sp³-hybridized carbons (Fsp3) is 0.625. The quantitative estimate of drug-likeness (QED) is 0.772. The summed E-state index contributed by atoms with van der Waals surface area (Å²) >= 11 is 8.62. The Kier molecular flexibility index (Phi) is 3.74. The van der Waals surface area contributed by atoms with E-state index < -0.39 is 0 Å². The van der Waals surface area contributed by atoms with Gasteiger partial charge in [-0.2, -0.15) is 0 Å². The lowest BCUT2D eigenvalue weighted by molar-refractivity contribution is 0.424. The van der Waals surface area contributed by atoms with Crippen LogP contribution in [0.25, 0.3) is 0 Å². The topological polar surface area (TPSA) is 12.9 Å². The molecule has 0 radical (unpaired) electrons. The van der Waals surface area contributed by atoms with Crippen LogP contribution in [0.4, 0.5) is 0 Å². The molecule has 0 bridgehead atoms. The third-order valence-corrected chi connectivity index (χ3v) is 4.51. The lowest BCUT2D eigenvalue weighted by atomic mass is 9.93. The fourth-order valence-corrected chi connectivity index (χ4v) is 2.59. The zero-order chi connectivity index (χ0) is 9.19. The minimum absolute atomic E-state index is 0.303. The van der Waals surface area contributed by atoms with Crippen molar-refractivity contribution in [1.82, 2.24) is 4.98 Å². The summed E-state index contributed by atoms with van der Waals surface area (Å²) in [5.74, 6) is 0. The first-order valence-corrected chi connectivity index (χ1v) is 6.43. The average Bonchev–Trinajstić information content (AvgIpc) is 2.35. The minimum Gasteiger partial charge on any atom is -0.248 e. The lowest BCUT2D eigenvalue weighted by Gasteiger charge is -2.19. The number of hydrogen-bond acceptors (Lipinski definition) is 2. The van der Waals surface area contributed by atoms with Gasteiger partial charge in [-0.05, 0) is 21.3 Å². The highest BCUT2D eigenvalue weighted by molar-refractivity contribution is 9.11. The van der Waals surface area contributed by atoms with Crippen molar-refractivity contribution in [3.8, 4) is 0 Å². The predicted molar refractivity (Wildman–Crippen MR) is 61.1 cm³/mol. The summed E-state index contributed by atoms with van der Waals surface area (Å²) in [6.45, 7) is 4.47. The predicted octanol–water partition coefficient (Wildman–Crippen LogP) is 3.87. The highest BCUT2D eigenvalue weighted by Gasteiger charge is 2.18. The van der Waals surface area contributed by atoms with Crippen LogP contribution in [-0.2, 0) is 6.42 Å². The van der Waals surface area contributed by atoms with E-state index in [0.29, 0.717) is 5.41 Å². The molecule has 0 aliphatic heterocycles. The molecule has 0 aromatic carbocycles. The van der Waals surface area contributed by atoms with Crippen molar-refractivity contribution in [2.24, 2.45) is 5.41 Å². The summed E-state index contributed by atoms with van der Waals surface area (Å²) < 4.78 is 1.11. The first-order chi connectivity index (χ1) is 5.53. The molecule has 1 aromatic rings. The zero-order valence-electron chi connectivity index (χ0n) is 7.10. The van der Waals surface area contributed by atoms with Crippen molar-refractivity contribution in [3.63, 3.8) is 0 Å². The number of thiazole rings is 1. The van der Waals surface area contributed by atoms with E-state index >= 15 is 0 Å². The second kappa shape index (κ2) is 4.20. The van der Waals surface area contributed by atoms with Crippen LogP contribution in [0.5, 0.6) is 0 Å². The van der Waals surface area contributed by atoms with E-state index in [0.717, 1.165) is 15.5 Å². The molecule has 68 valence electrons. The third kappa shape index (κ3) is 3.15. The zero-order valence-corrected chi connectivity index (χ0v) is 11.1. The number of hydrogen-bond donors (Lipinski definition) is 0.